The van der Waals surface area contributed by atoms with Crippen molar-refractivity contribution in [3.63, 3.8) is 0 Å². The van der Waals surface area contributed by atoms with Gasteiger partial charge in [-0.25, -0.2) is 9.67 Å². The second-order valence-electron chi connectivity index (χ2n) is 6.19. The molecule has 3 heterocycles. The van der Waals surface area contributed by atoms with Crippen LogP contribution in [0.5, 0.6) is 0 Å². The van der Waals surface area contributed by atoms with Gasteiger partial charge in [0.25, 0.3) is 5.56 Å². The molecule has 0 bridgehead atoms. The van der Waals surface area contributed by atoms with Crippen LogP contribution >= 0.6 is 0 Å². The minimum atomic E-state index is -0.184. The van der Waals surface area contributed by atoms with Gasteiger partial charge in [0.1, 0.15) is 6.54 Å². The number of aromatic nitrogens is 5. The van der Waals surface area contributed by atoms with Gasteiger partial charge in [-0.05, 0) is 25.0 Å². The van der Waals surface area contributed by atoms with Crippen molar-refractivity contribution in [2.75, 3.05) is 13.1 Å². The lowest BCUT2D eigenvalue weighted by atomic mass is 10.1. The van der Waals surface area contributed by atoms with E-state index in [0.717, 1.165) is 12.8 Å². The first kappa shape index (κ1) is 15.5. The minimum Gasteiger partial charge on any atom is -0.341 e. The van der Waals surface area contributed by atoms with E-state index in [0.29, 0.717) is 24.0 Å². The zero-order valence-electron chi connectivity index (χ0n) is 13.7. The lowest BCUT2D eigenvalue weighted by Gasteiger charge is -2.32. The van der Waals surface area contributed by atoms with Crippen LogP contribution in [0, 0.1) is 0 Å². The summed E-state index contributed by atoms with van der Waals surface area (Å²) in [5, 5.41) is 8.39. The molecule has 3 aromatic rings. The van der Waals surface area contributed by atoms with Gasteiger partial charge in [-0.3, -0.25) is 14.2 Å². The van der Waals surface area contributed by atoms with Crippen molar-refractivity contribution in [1.82, 2.24) is 29.4 Å². The molecule has 0 radical (unpaired) electrons. The number of nitrogens with zero attached hydrogens (tertiary/aromatic N) is 6. The van der Waals surface area contributed by atoms with E-state index in [1.165, 1.54) is 10.9 Å². The molecule has 0 spiro atoms. The molecular weight excluding hydrogens is 320 g/mol. The van der Waals surface area contributed by atoms with E-state index in [2.05, 4.69) is 15.3 Å². The van der Waals surface area contributed by atoms with E-state index >= 15 is 0 Å². The van der Waals surface area contributed by atoms with Crippen LogP contribution < -0.4 is 5.56 Å². The summed E-state index contributed by atoms with van der Waals surface area (Å²) in [5.74, 6) is -0.0591. The third kappa shape index (κ3) is 3.02. The number of benzene rings is 1. The Hall–Kier alpha value is -3.03. The topological polar surface area (TPSA) is 85.9 Å². The predicted molar refractivity (Wildman–Crippen MR) is 90.9 cm³/mol. The standard InChI is InChI=1S/C17H18N6O2/c24-16(21-8-5-13(6-9-21)23-10-7-19-20-23)11-22-12-18-15-4-2-1-3-14(15)17(22)25/h1-4,7,10,12-13H,5-6,8-9,11H2. The highest BCUT2D eigenvalue weighted by Gasteiger charge is 2.24. The van der Waals surface area contributed by atoms with Gasteiger partial charge in [0.2, 0.25) is 5.91 Å². The fourth-order valence-corrected chi connectivity index (χ4v) is 3.26. The molecular formula is C17H18N6O2. The summed E-state index contributed by atoms with van der Waals surface area (Å²) in [4.78, 5) is 31.1. The molecule has 1 aliphatic rings. The molecule has 0 atom stereocenters. The lowest BCUT2D eigenvalue weighted by Crippen LogP contribution is -2.42. The highest BCUT2D eigenvalue weighted by Crippen LogP contribution is 2.21. The van der Waals surface area contributed by atoms with Crippen molar-refractivity contribution in [2.45, 2.75) is 25.4 Å². The maximum Gasteiger partial charge on any atom is 0.261 e. The normalized spacial score (nSPS) is 15.6. The molecule has 0 N–H and O–H groups in total. The molecule has 1 fully saturated rings. The Morgan fingerprint density at radius 3 is 2.76 bits per heavy atom. The molecule has 128 valence electrons. The van der Waals surface area contributed by atoms with E-state index in [-0.39, 0.29) is 24.1 Å². The fraction of sp³-hybridized carbons (Fsp3) is 0.353. The van der Waals surface area contributed by atoms with Crippen molar-refractivity contribution in [3.05, 3.63) is 53.3 Å². The molecule has 4 rings (SSSR count). The van der Waals surface area contributed by atoms with Crippen molar-refractivity contribution >= 4 is 16.8 Å². The Balaban J connectivity index is 1.44. The number of rotatable bonds is 3. The van der Waals surface area contributed by atoms with Gasteiger partial charge >= 0.3 is 0 Å². The number of carbonyl (C=O) groups excluding carboxylic acids is 1. The Morgan fingerprint density at radius 2 is 2.00 bits per heavy atom. The molecule has 8 nitrogen and oxygen atoms in total. The van der Waals surface area contributed by atoms with E-state index in [9.17, 15) is 9.59 Å². The summed E-state index contributed by atoms with van der Waals surface area (Å²) in [6, 6.07) is 7.43. The van der Waals surface area contributed by atoms with Crippen LogP contribution in [0.3, 0.4) is 0 Å². The van der Waals surface area contributed by atoms with Crippen LogP contribution in [0.25, 0.3) is 10.9 Å². The second-order valence-corrected chi connectivity index (χ2v) is 6.19. The zero-order chi connectivity index (χ0) is 17.2. The Labute approximate surface area is 143 Å². The Bertz CT molecular complexity index is 941. The van der Waals surface area contributed by atoms with Gasteiger partial charge in [0.05, 0.1) is 29.5 Å². The highest BCUT2D eigenvalue weighted by atomic mass is 16.2. The molecule has 1 aromatic carbocycles. The third-order valence-electron chi connectivity index (χ3n) is 4.67. The quantitative estimate of drug-likeness (QED) is 0.707. The number of likely N-dealkylation sites (tertiary alicyclic amines) is 1. The summed E-state index contributed by atoms with van der Waals surface area (Å²) in [5.41, 5.74) is 0.460. The van der Waals surface area contributed by atoms with E-state index in [1.54, 1.807) is 29.3 Å². The van der Waals surface area contributed by atoms with Gasteiger partial charge in [-0.2, -0.15) is 0 Å². The monoisotopic (exact) mass is 338 g/mol. The molecule has 0 unspecified atom stereocenters. The molecule has 25 heavy (non-hydrogen) atoms. The van der Waals surface area contributed by atoms with Crippen LogP contribution in [-0.2, 0) is 11.3 Å². The molecule has 0 aliphatic carbocycles. The van der Waals surface area contributed by atoms with Crippen LogP contribution in [0.4, 0.5) is 0 Å². The van der Waals surface area contributed by atoms with Crippen LogP contribution in [-0.4, -0.2) is 48.4 Å². The maximum absolute atomic E-state index is 12.6. The van der Waals surface area contributed by atoms with Gasteiger partial charge in [0.15, 0.2) is 0 Å². The van der Waals surface area contributed by atoms with Gasteiger partial charge in [-0.15, -0.1) is 5.10 Å². The second kappa shape index (κ2) is 6.46. The van der Waals surface area contributed by atoms with Crippen LogP contribution in [0.2, 0.25) is 0 Å². The first-order valence-electron chi connectivity index (χ1n) is 8.30. The summed E-state index contributed by atoms with van der Waals surface area (Å²) >= 11 is 0. The third-order valence-corrected chi connectivity index (χ3v) is 4.67. The number of carbonyl (C=O) groups is 1. The zero-order valence-corrected chi connectivity index (χ0v) is 13.7. The number of hydrogen-bond acceptors (Lipinski definition) is 5. The molecule has 1 amide bonds. The van der Waals surface area contributed by atoms with Crippen molar-refractivity contribution in [3.8, 4) is 0 Å². The molecule has 2 aromatic heterocycles. The number of piperidine rings is 1. The molecule has 8 heteroatoms. The predicted octanol–water partition coefficient (Wildman–Crippen LogP) is 0.852. The van der Waals surface area contributed by atoms with E-state index < -0.39 is 0 Å². The van der Waals surface area contributed by atoms with Crippen molar-refractivity contribution in [2.24, 2.45) is 0 Å². The first-order valence-corrected chi connectivity index (χ1v) is 8.30. The summed E-state index contributed by atoms with van der Waals surface area (Å²) < 4.78 is 3.23. The highest BCUT2D eigenvalue weighted by molar-refractivity contribution is 5.79. The van der Waals surface area contributed by atoms with Gasteiger partial charge in [0, 0.05) is 19.3 Å². The molecule has 1 aliphatic heterocycles. The van der Waals surface area contributed by atoms with Crippen LogP contribution in [0.1, 0.15) is 18.9 Å². The average molecular weight is 338 g/mol. The fourth-order valence-electron chi connectivity index (χ4n) is 3.26. The van der Waals surface area contributed by atoms with Gasteiger partial charge in [-0.1, -0.05) is 17.3 Å². The number of hydrogen-bond donors (Lipinski definition) is 0. The lowest BCUT2D eigenvalue weighted by molar-refractivity contribution is -0.133. The molecule has 0 saturated carbocycles. The first-order chi connectivity index (χ1) is 12.2. The molecule has 1 saturated heterocycles. The van der Waals surface area contributed by atoms with Crippen LogP contribution in [0.15, 0.2) is 47.8 Å². The largest absolute Gasteiger partial charge is 0.341 e. The average Bonchev–Trinajstić information content (AvgIpc) is 3.19. The number of para-hydroxylation sites is 1. The maximum atomic E-state index is 12.6. The van der Waals surface area contributed by atoms with E-state index in [4.69, 9.17) is 0 Å². The smallest absolute Gasteiger partial charge is 0.261 e. The van der Waals surface area contributed by atoms with E-state index in [1.807, 2.05) is 16.9 Å². The Morgan fingerprint density at radius 1 is 1.20 bits per heavy atom. The number of amides is 1. The summed E-state index contributed by atoms with van der Waals surface area (Å²) in [6.07, 6.45) is 6.63. The summed E-state index contributed by atoms with van der Waals surface area (Å²) in [7, 11) is 0. The Kier molecular flexibility index (Phi) is 4.01. The minimum absolute atomic E-state index is 0.0185. The van der Waals surface area contributed by atoms with Crippen molar-refractivity contribution < 1.29 is 4.79 Å². The van der Waals surface area contributed by atoms with Crippen molar-refractivity contribution in [1.29, 1.82) is 0 Å². The SMILES string of the molecule is O=C(Cn1cnc2ccccc2c1=O)N1CCC(n2ccnn2)CC1. The van der Waals surface area contributed by atoms with Gasteiger partial charge < -0.3 is 4.90 Å². The number of fused-ring (bicyclic) bond motifs is 1. The summed E-state index contributed by atoms with van der Waals surface area (Å²) in [6.45, 7) is 1.32.